The number of thioether (sulfide) groups is 1. The molecule has 0 amide bonds. The van der Waals surface area contributed by atoms with E-state index in [0.717, 1.165) is 12.2 Å². The Morgan fingerprint density at radius 3 is 3.08 bits per heavy atom. The summed E-state index contributed by atoms with van der Waals surface area (Å²) in [6.45, 7) is 2.25. The summed E-state index contributed by atoms with van der Waals surface area (Å²) in [5.74, 6) is 0.814. The van der Waals surface area contributed by atoms with E-state index < -0.39 is 0 Å². The summed E-state index contributed by atoms with van der Waals surface area (Å²) in [6, 6.07) is 0. The lowest BCUT2D eigenvalue weighted by atomic mass is 9.74. The number of aliphatic hydroxyl groups excluding tert-OH is 1. The second-order valence-corrected chi connectivity index (χ2v) is 4.88. The van der Waals surface area contributed by atoms with Gasteiger partial charge in [0, 0.05) is 16.9 Å². The maximum Gasteiger partial charge on any atom is 0.310 e. The Balaban J connectivity index is 1.96. The zero-order valence-electron chi connectivity index (χ0n) is 7.60. The minimum Gasteiger partial charge on any atom is -0.466 e. The Labute approximate surface area is 81.8 Å². The van der Waals surface area contributed by atoms with E-state index in [1.807, 2.05) is 6.92 Å². The molecule has 2 aliphatic rings. The van der Waals surface area contributed by atoms with Crippen LogP contribution in [0.3, 0.4) is 0 Å². The van der Waals surface area contributed by atoms with Gasteiger partial charge in [-0.25, -0.2) is 0 Å². The Kier molecular flexibility index (Phi) is 2.51. The summed E-state index contributed by atoms with van der Waals surface area (Å²) in [5, 5.41) is 9.99. The summed E-state index contributed by atoms with van der Waals surface area (Å²) in [5.41, 5.74) is 0. The molecule has 3 nitrogen and oxygen atoms in total. The highest BCUT2D eigenvalue weighted by atomic mass is 32.2. The summed E-state index contributed by atoms with van der Waals surface area (Å²) >= 11 is 1.80. The first-order valence-corrected chi connectivity index (χ1v) is 5.75. The van der Waals surface area contributed by atoms with Crippen molar-refractivity contribution in [3.63, 3.8) is 0 Å². The van der Waals surface area contributed by atoms with Crippen LogP contribution in [-0.2, 0) is 9.53 Å². The maximum absolute atomic E-state index is 11.4. The van der Waals surface area contributed by atoms with Crippen molar-refractivity contribution in [2.24, 2.45) is 11.8 Å². The molecule has 4 atom stereocenters. The highest BCUT2D eigenvalue weighted by Crippen LogP contribution is 2.50. The molecule has 1 N–H and O–H groups in total. The molecule has 0 aromatic rings. The molecule has 1 saturated heterocycles. The lowest BCUT2D eigenvalue weighted by Gasteiger charge is -2.37. The fourth-order valence-corrected chi connectivity index (χ4v) is 3.86. The third-order valence-electron chi connectivity index (χ3n) is 2.89. The third kappa shape index (κ3) is 1.46. The molecule has 1 aliphatic carbocycles. The molecule has 1 saturated carbocycles. The third-order valence-corrected chi connectivity index (χ3v) is 4.38. The number of ether oxygens (including phenoxy) is 1. The van der Waals surface area contributed by atoms with E-state index in [9.17, 15) is 9.90 Å². The van der Waals surface area contributed by atoms with E-state index in [0.29, 0.717) is 11.9 Å². The fraction of sp³-hybridized carbons (Fsp3) is 0.889. The van der Waals surface area contributed by atoms with Gasteiger partial charge >= 0.3 is 5.97 Å². The second-order valence-electron chi connectivity index (χ2n) is 3.61. The topological polar surface area (TPSA) is 46.5 Å². The van der Waals surface area contributed by atoms with Gasteiger partial charge in [0.05, 0.1) is 18.6 Å². The second kappa shape index (κ2) is 3.50. The van der Waals surface area contributed by atoms with E-state index in [1.165, 1.54) is 0 Å². The smallest absolute Gasteiger partial charge is 0.310 e. The number of esters is 1. The number of hydrogen-bond donors (Lipinski definition) is 1. The lowest BCUT2D eigenvalue weighted by molar-refractivity contribution is -0.152. The average molecular weight is 202 g/mol. The molecular formula is C9H14O3S. The van der Waals surface area contributed by atoms with E-state index in [4.69, 9.17) is 4.74 Å². The number of carbonyl (C=O) groups is 1. The molecule has 1 heterocycles. The van der Waals surface area contributed by atoms with Gasteiger partial charge in [0.1, 0.15) is 0 Å². The molecule has 0 bridgehead atoms. The highest BCUT2D eigenvalue weighted by molar-refractivity contribution is 8.00. The van der Waals surface area contributed by atoms with Gasteiger partial charge in [0.15, 0.2) is 0 Å². The van der Waals surface area contributed by atoms with E-state index >= 15 is 0 Å². The normalized spacial score (nSPS) is 42.3. The minimum absolute atomic E-state index is 0.0568. The van der Waals surface area contributed by atoms with Crippen molar-refractivity contribution >= 4 is 17.7 Å². The van der Waals surface area contributed by atoms with Crippen molar-refractivity contribution in [3.05, 3.63) is 0 Å². The molecule has 0 aromatic carbocycles. The summed E-state index contributed by atoms with van der Waals surface area (Å²) in [7, 11) is 0. The Morgan fingerprint density at radius 2 is 2.46 bits per heavy atom. The van der Waals surface area contributed by atoms with E-state index in [-0.39, 0.29) is 23.9 Å². The van der Waals surface area contributed by atoms with Crippen LogP contribution in [0.1, 0.15) is 13.3 Å². The Morgan fingerprint density at radius 1 is 1.69 bits per heavy atom. The van der Waals surface area contributed by atoms with Gasteiger partial charge in [-0.1, -0.05) is 0 Å². The van der Waals surface area contributed by atoms with Crippen LogP contribution in [0.2, 0.25) is 0 Å². The molecule has 2 rings (SSSR count). The molecule has 0 aromatic heterocycles. The van der Waals surface area contributed by atoms with Crippen LogP contribution in [0, 0.1) is 11.8 Å². The Bertz CT molecular complexity index is 219. The first-order valence-electron chi connectivity index (χ1n) is 4.70. The van der Waals surface area contributed by atoms with Crippen molar-refractivity contribution in [1.29, 1.82) is 0 Å². The Hall–Kier alpha value is -0.220. The summed E-state index contributed by atoms with van der Waals surface area (Å²) in [4.78, 5) is 11.4. The largest absolute Gasteiger partial charge is 0.466 e. The van der Waals surface area contributed by atoms with Crippen LogP contribution < -0.4 is 0 Å². The number of carbonyl (C=O) groups excluding carboxylic acids is 1. The first-order chi connectivity index (χ1) is 6.24. The number of hydrogen-bond acceptors (Lipinski definition) is 4. The molecule has 0 unspecified atom stereocenters. The van der Waals surface area contributed by atoms with Crippen LogP contribution >= 0.6 is 11.8 Å². The highest BCUT2D eigenvalue weighted by Gasteiger charge is 2.52. The predicted molar refractivity (Wildman–Crippen MR) is 50.5 cm³/mol. The van der Waals surface area contributed by atoms with Crippen molar-refractivity contribution in [2.75, 3.05) is 12.4 Å². The molecule has 0 spiro atoms. The molecular weight excluding hydrogens is 188 g/mol. The molecule has 2 fully saturated rings. The SMILES string of the molecule is CCOC(=O)[C@H]1CS[C@@H]2C[C@H](O)[C@H]12. The zero-order valence-corrected chi connectivity index (χ0v) is 8.42. The first kappa shape index (κ1) is 9.34. The number of fused-ring (bicyclic) bond motifs is 1. The van der Waals surface area contributed by atoms with Gasteiger partial charge < -0.3 is 9.84 Å². The van der Waals surface area contributed by atoms with E-state index in [1.54, 1.807) is 11.8 Å². The molecule has 4 heteroatoms. The average Bonchev–Trinajstić information content (AvgIpc) is 2.42. The van der Waals surface area contributed by atoms with Crippen LogP contribution in [-0.4, -0.2) is 34.8 Å². The molecule has 1 aliphatic heterocycles. The molecule has 74 valence electrons. The number of rotatable bonds is 2. The zero-order chi connectivity index (χ0) is 9.42. The van der Waals surface area contributed by atoms with Crippen LogP contribution in [0.25, 0.3) is 0 Å². The van der Waals surface area contributed by atoms with Crippen LogP contribution in [0.5, 0.6) is 0 Å². The monoisotopic (exact) mass is 202 g/mol. The van der Waals surface area contributed by atoms with Gasteiger partial charge in [-0.05, 0) is 13.3 Å². The van der Waals surface area contributed by atoms with Crippen LogP contribution in [0.15, 0.2) is 0 Å². The van der Waals surface area contributed by atoms with Crippen molar-refractivity contribution in [2.45, 2.75) is 24.7 Å². The summed E-state index contributed by atoms with van der Waals surface area (Å²) < 4.78 is 4.96. The standard InChI is InChI=1S/C9H14O3S/c1-2-12-9(11)5-4-13-7-3-6(10)8(5)7/h5-8,10H,2-4H2,1H3/t5-,6-,7+,8-/m0/s1. The van der Waals surface area contributed by atoms with E-state index in [2.05, 4.69) is 0 Å². The maximum atomic E-state index is 11.4. The van der Waals surface area contributed by atoms with Gasteiger partial charge in [-0.2, -0.15) is 11.8 Å². The lowest BCUT2D eigenvalue weighted by Crippen LogP contribution is -2.46. The van der Waals surface area contributed by atoms with Gasteiger partial charge in [-0.3, -0.25) is 4.79 Å². The van der Waals surface area contributed by atoms with Gasteiger partial charge in [-0.15, -0.1) is 0 Å². The van der Waals surface area contributed by atoms with Crippen molar-refractivity contribution < 1.29 is 14.6 Å². The predicted octanol–water partition coefficient (Wildman–Crippen LogP) is 0.662. The van der Waals surface area contributed by atoms with Gasteiger partial charge in [0.25, 0.3) is 0 Å². The van der Waals surface area contributed by atoms with Crippen LogP contribution in [0.4, 0.5) is 0 Å². The minimum atomic E-state index is -0.269. The van der Waals surface area contributed by atoms with Crippen molar-refractivity contribution in [1.82, 2.24) is 0 Å². The quantitative estimate of drug-likeness (QED) is 0.668. The fourth-order valence-electron chi connectivity index (χ4n) is 2.12. The number of aliphatic hydroxyl groups is 1. The van der Waals surface area contributed by atoms with Gasteiger partial charge in [0.2, 0.25) is 0 Å². The molecule has 0 radical (unpaired) electrons. The molecule has 13 heavy (non-hydrogen) atoms. The summed E-state index contributed by atoms with van der Waals surface area (Å²) in [6.07, 6.45) is 0.583. The van der Waals surface area contributed by atoms with Crippen molar-refractivity contribution in [3.8, 4) is 0 Å².